The second-order valence-corrected chi connectivity index (χ2v) is 3.68. The quantitative estimate of drug-likeness (QED) is 0.765. The van der Waals surface area contributed by atoms with Crippen molar-refractivity contribution in [2.24, 2.45) is 0 Å². The number of rotatable bonds is 2. The van der Waals surface area contributed by atoms with Crippen molar-refractivity contribution in [2.45, 2.75) is 13.3 Å². The number of esters is 1. The number of ether oxygens (including phenoxy) is 2. The van der Waals surface area contributed by atoms with Crippen LogP contribution in [-0.4, -0.2) is 23.7 Å². The van der Waals surface area contributed by atoms with Gasteiger partial charge in [-0.05, 0) is 12.1 Å². The summed E-state index contributed by atoms with van der Waals surface area (Å²) in [6, 6.07) is 7.16. The molecule has 0 radical (unpaired) electrons. The third-order valence-corrected chi connectivity index (χ3v) is 2.56. The molecule has 0 fully saturated rings. The van der Waals surface area contributed by atoms with E-state index in [0.717, 1.165) is 0 Å². The van der Waals surface area contributed by atoms with Crippen LogP contribution in [0.3, 0.4) is 0 Å². The van der Waals surface area contributed by atoms with Crippen molar-refractivity contribution in [1.29, 1.82) is 0 Å². The lowest BCUT2D eigenvalue weighted by atomic mass is 10.2. The lowest BCUT2D eigenvalue weighted by Gasteiger charge is -1.99. The molecule has 0 bridgehead atoms. The average molecular weight is 247 g/mol. The SMILES string of the molecule is CCC(=O)Oc1cn(C(=O)OC)c2ccccc12. The van der Waals surface area contributed by atoms with Crippen LogP contribution in [0.5, 0.6) is 5.75 Å². The molecule has 94 valence electrons. The van der Waals surface area contributed by atoms with Crippen LogP contribution >= 0.6 is 0 Å². The Labute approximate surface area is 104 Å². The van der Waals surface area contributed by atoms with Crippen LogP contribution in [0, 0.1) is 0 Å². The molecule has 0 saturated heterocycles. The standard InChI is InChI=1S/C13H13NO4/c1-3-12(15)18-11-8-14(13(16)17-2)10-7-5-4-6-9(10)11/h4-8H,3H2,1-2H3. The summed E-state index contributed by atoms with van der Waals surface area (Å²) in [5, 5.41) is 0.699. The second-order valence-electron chi connectivity index (χ2n) is 3.68. The molecule has 0 amide bonds. The van der Waals surface area contributed by atoms with Crippen LogP contribution in [0.15, 0.2) is 30.5 Å². The van der Waals surface area contributed by atoms with E-state index in [1.807, 2.05) is 6.07 Å². The molecule has 18 heavy (non-hydrogen) atoms. The van der Waals surface area contributed by atoms with Gasteiger partial charge in [-0.3, -0.25) is 4.79 Å². The van der Waals surface area contributed by atoms with E-state index >= 15 is 0 Å². The van der Waals surface area contributed by atoms with Crippen molar-refractivity contribution in [3.05, 3.63) is 30.5 Å². The zero-order valence-electron chi connectivity index (χ0n) is 10.2. The largest absolute Gasteiger partial charge is 0.452 e. The molecule has 5 nitrogen and oxygen atoms in total. The van der Waals surface area contributed by atoms with Gasteiger partial charge in [-0.15, -0.1) is 0 Å². The van der Waals surface area contributed by atoms with Crippen molar-refractivity contribution < 1.29 is 19.1 Å². The van der Waals surface area contributed by atoms with Crippen molar-refractivity contribution in [1.82, 2.24) is 4.57 Å². The number of para-hydroxylation sites is 1. The predicted molar refractivity (Wildman–Crippen MR) is 65.7 cm³/mol. The number of methoxy groups -OCH3 is 1. The summed E-state index contributed by atoms with van der Waals surface area (Å²) in [7, 11) is 1.30. The number of nitrogens with zero attached hydrogens (tertiary/aromatic N) is 1. The summed E-state index contributed by atoms with van der Waals surface area (Å²) < 4.78 is 11.2. The molecule has 1 heterocycles. The van der Waals surface area contributed by atoms with Gasteiger partial charge in [-0.2, -0.15) is 0 Å². The lowest BCUT2D eigenvalue weighted by Crippen LogP contribution is -2.09. The van der Waals surface area contributed by atoms with Gasteiger partial charge in [0.15, 0.2) is 5.75 Å². The average Bonchev–Trinajstić information content (AvgIpc) is 2.77. The first-order valence-corrected chi connectivity index (χ1v) is 5.56. The van der Waals surface area contributed by atoms with E-state index < -0.39 is 6.09 Å². The van der Waals surface area contributed by atoms with Crippen LogP contribution in [-0.2, 0) is 9.53 Å². The minimum atomic E-state index is -0.523. The van der Waals surface area contributed by atoms with Crippen LogP contribution in [0.25, 0.3) is 10.9 Å². The van der Waals surface area contributed by atoms with E-state index in [1.54, 1.807) is 25.1 Å². The summed E-state index contributed by atoms with van der Waals surface area (Å²) in [6.07, 6.45) is 1.21. The second kappa shape index (κ2) is 4.91. The van der Waals surface area contributed by atoms with Gasteiger partial charge in [0.05, 0.1) is 18.8 Å². The zero-order chi connectivity index (χ0) is 13.1. The molecule has 2 aromatic rings. The van der Waals surface area contributed by atoms with Gasteiger partial charge in [0.1, 0.15) is 0 Å². The van der Waals surface area contributed by atoms with Crippen LogP contribution in [0.4, 0.5) is 4.79 Å². The highest BCUT2D eigenvalue weighted by Gasteiger charge is 2.15. The van der Waals surface area contributed by atoms with E-state index in [1.165, 1.54) is 17.9 Å². The molecule has 0 atom stereocenters. The summed E-state index contributed by atoms with van der Waals surface area (Å²) in [5.74, 6) is 0.0191. The Morgan fingerprint density at radius 1 is 1.28 bits per heavy atom. The Bertz CT molecular complexity index is 600. The molecule has 0 aliphatic carbocycles. The summed E-state index contributed by atoms with van der Waals surface area (Å²) >= 11 is 0. The maximum absolute atomic E-state index is 11.6. The molecular formula is C13H13NO4. The summed E-state index contributed by atoms with van der Waals surface area (Å²) in [6.45, 7) is 1.71. The number of hydrogen-bond donors (Lipinski definition) is 0. The summed E-state index contributed by atoms with van der Waals surface area (Å²) in [5.41, 5.74) is 0.642. The Balaban J connectivity index is 2.54. The maximum Gasteiger partial charge on any atom is 0.418 e. The van der Waals surface area contributed by atoms with Gasteiger partial charge in [-0.25, -0.2) is 9.36 Å². The first-order valence-electron chi connectivity index (χ1n) is 5.56. The third kappa shape index (κ3) is 2.07. The molecule has 5 heteroatoms. The Morgan fingerprint density at radius 3 is 2.67 bits per heavy atom. The number of carbonyl (C=O) groups excluding carboxylic acids is 2. The van der Waals surface area contributed by atoms with Gasteiger partial charge < -0.3 is 9.47 Å². The van der Waals surface area contributed by atoms with E-state index in [-0.39, 0.29) is 12.4 Å². The molecule has 1 aromatic carbocycles. The fourth-order valence-electron chi connectivity index (χ4n) is 1.67. The molecule has 1 aromatic heterocycles. The van der Waals surface area contributed by atoms with Gasteiger partial charge in [0.2, 0.25) is 0 Å². The van der Waals surface area contributed by atoms with E-state index in [2.05, 4.69) is 4.74 Å². The summed E-state index contributed by atoms with van der Waals surface area (Å²) in [4.78, 5) is 22.9. The molecule has 2 rings (SSSR count). The first kappa shape index (κ1) is 12.2. The van der Waals surface area contributed by atoms with Crippen LogP contribution in [0.2, 0.25) is 0 Å². The van der Waals surface area contributed by atoms with Crippen LogP contribution < -0.4 is 4.74 Å². The van der Waals surface area contributed by atoms with Crippen molar-refractivity contribution in [3.63, 3.8) is 0 Å². The fourth-order valence-corrected chi connectivity index (χ4v) is 1.67. The van der Waals surface area contributed by atoms with E-state index in [4.69, 9.17) is 4.74 Å². The fraction of sp³-hybridized carbons (Fsp3) is 0.231. The topological polar surface area (TPSA) is 57.5 Å². The highest BCUT2D eigenvalue weighted by Crippen LogP contribution is 2.28. The van der Waals surface area contributed by atoms with E-state index in [9.17, 15) is 9.59 Å². The van der Waals surface area contributed by atoms with Crippen molar-refractivity contribution in [3.8, 4) is 5.75 Å². The molecule has 0 unspecified atom stereocenters. The highest BCUT2D eigenvalue weighted by molar-refractivity contribution is 5.95. The number of benzene rings is 1. The Kier molecular flexibility index (Phi) is 3.32. The maximum atomic E-state index is 11.6. The zero-order valence-corrected chi connectivity index (χ0v) is 10.2. The third-order valence-electron chi connectivity index (χ3n) is 2.56. The Hall–Kier alpha value is -2.30. The lowest BCUT2D eigenvalue weighted by molar-refractivity contribution is -0.133. The molecular weight excluding hydrogens is 234 g/mol. The first-order chi connectivity index (χ1) is 8.67. The Morgan fingerprint density at radius 2 is 2.00 bits per heavy atom. The predicted octanol–water partition coefficient (Wildman–Crippen LogP) is 2.57. The monoisotopic (exact) mass is 247 g/mol. The minimum absolute atomic E-state index is 0.276. The molecule has 0 N–H and O–H groups in total. The molecule has 0 spiro atoms. The van der Waals surface area contributed by atoms with Gasteiger partial charge in [0, 0.05) is 11.8 Å². The smallest absolute Gasteiger partial charge is 0.418 e. The minimum Gasteiger partial charge on any atom is -0.452 e. The molecule has 0 saturated carbocycles. The van der Waals surface area contributed by atoms with Gasteiger partial charge >= 0.3 is 12.1 Å². The van der Waals surface area contributed by atoms with Crippen molar-refractivity contribution in [2.75, 3.05) is 7.11 Å². The molecule has 0 aliphatic heterocycles. The van der Waals surface area contributed by atoms with Gasteiger partial charge in [-0.1, -0.05) is 19.1 Å². The number of carbonyl (C=O) groups is 2. The number of aromatic nitrogens is 1. The van der Waals surface area contributed by atoms with Crippen LogP contribution in [0.1, 0.15) is 13.3 Å². The van der Waals surface area contributed by atoms with E-state index in [0.29, 0.717) is 16.7 Å². The molecule has 0 aliphatic rings. The number of fused-ring (bicyclic) bond motifs is 1. The highest BCUT2D eigenvalue weighted by atomic mass is 16.5. The number of hydrogen-bond acceptors (Lipinski definition) is 4. The van der Waals surface area contributed by atoms with Crippen molar-refractivity contribution >= 4 is 23.0 Å². The normalized spacial score (nSPS) is 10.3. The van der Waals surface area contributed by atoms with Gasteiger partial charge in [0.25, 0.3) is 0 Å².